The summed E-state index contributed by atoms with van der Waals surface area (Å²) in [7, 11) is 0. The molecule has 1 unspecified atom stereocenters. The first kappa shape index (κ1) is 13.2. The van der Waals surface area contributed by atoms with Gasteiger partial charge in [-0.1, -0.05) is 6.07 Å². The molecule has 3 rings (SSSR count). The number of carboxylic acids is 1. The van der Waals surface area contributed by atoms with E-state index in [1.54, 1.807) is 6.07 Å². The number of nitrogens with zero attached hydrogens (tertiary/aromatic N) is 2. The number of benzene rings is 1. The lowest BCUT2D eigenvalue weighted by Crippen LogP contribution is -2.39. The number of aromatic carboxylic acids is 1. The molecule has 0 aliphatic carbocycles. The molecule has 2 aromatic rings. The first-order valence-electron chi connectivity index (χ1n) is 6.37. The zero-order valence-electron chi connectivity index (χ0n) is 10.9. The molecule has 7 heteroatoms. The van der Waals surface area contributed by atoms with E-state index in [2.05, 4.69) is 15.3 Å². The summed E-state index contributed by atoms with van der Waals surface area (Å²) in [6, 6.07) is 3.02. The number of nitrogens with one attached hydrogen (secondary N) is 1. The fourth-order valence-corrected chi connectivity index (χ4v) is 2.56. The van der Waals surface area contributed by atoms with Crippen LogP contribution in [0.1, 0.15) is 34.7 Å². The van der Waals surface area contributed by atoms with Gasteiger partial charge in [0.1, 0.15) is 6.33 Å². The van der Waals surface area contributed by atoms with E-state index >= 15 is 0 Å². The molecular formula is C14H11N3O4. The third-order valence-corrected chi connectivity index (χ3v) is 3.55. The van der Waals surface area contributed by atoms with Gasteiger partial charge in [0.05, 0.1) is 17.0 Å². The number of amides is 2. The SMILES string of the molecule is O=C1CCC(c2ccc(C(=O)O)c3cncnc23)C(=O)N1. The van der Waals surface area contributed by atoms with Gasteiger partial charge in [-0.3, -0.25) is 14.9 Å². The maximum atomic E-state index is 12.0. The Kier molecular flexibility index (Phi) is 3.09. The molecule has 106 valence electrons. The molecule has 21 heavy (non-hydrogen) atoms. The topological polar surface area (TPSA) is 109 Å². The number of carbonyl (C=O) groups excluding carboxylic acids is 2. The summed E-state index contributed by atoms with van der Waals surface area (Å²) in [5.41, 5.74) is 1.13. The smallest absolute Gasteiger partial charge is 0.336 e. The van der Waals surface area contributed by atoms with E-state index in [1.165, 1.54) is 18.6 Å². The maximum absolute atomic E-state index is 12.0. The monoisotopic (exact) mass is 285 g/mol. The average Bonchev–Trinajstić information content (AvgIpc) is 2.46. The highest BCUT2D eigenvalue weighted by molar-refractivity contribution is 6.06. The van der Waals surface area contributed by atoms with Crippen LogP contribution in [-0.4, -0.2) is 32.9 Å². The minimum atomic E-state index is -1.08. The van der Waals surface area contributed by atoms with E-state index in [4.69, 9.17) is 0 Å². The second-order valence-corrected chi connectivity index (χ2v) is 4.80. The van der Waals surface area contributed by atoms with Crippen molar-refractivity contribution in [3.8, 4) is 0 Å². The highest BCUT2D eigenvalue weighted by atomic mass is 16.4. The van der Waals surface area contributed by atoms with Gasteiger partial charge in [0, 0.05) is 18.0 Å². The summed E-state index contributed by atoms with van der Waals surface area (Å²) < 4.78 is 0. The number of hydrogen-bond donors (Lipinski definition) is 2. The summed E-state index contributed by atoms with van der Waals surface area (Å²) in [5, 5.41) is 11.9. The molecule has 1 fully saturated rings. The van der Waals surface area contributed by atoms with Gasteiger partial charge in [-0.2, -0.15) is 0 Å². The third-order valence-electron chi connectivity index (χ3n) is 3.55. The first-order valence-corrected chi connectivity index (χ1v) is 6.37. The van der Waals surface area contributed by atoms with Crippen molar-refractivity contribution in [2.45, 2.75) is 18.8 Å². The number of carbonyl (C=O) groups is 3. The molecule has 2 heterocycles. The molecule has 0 bridgehead atoms. The summed E-state index contributed by atoms with van der Waals surface area (Å²) in [6.45, 7) is 0. The van der Waals surface area contributed by atoms with Crippen LogP contribution in [0.3, 0.4) is 0 Å². The molecule has 2 amide bonds. The van der Waals surface area contributed by atoms with Gasteiger partial charge in [0.25, 0.3) is 0 Å². The van der Waals surface area contributed by atoms with E-state index in [1.807, 2.05) is 0 Å². The molecule has 1 atom stereocenters. The largest absolute Gasteiger partial charge is 0.478 e. The van der Waals surface area contributed by atoms with Crippen molar-refractivity contribution < 1.29 is 19.5 Å². The van der Waals surface area contributed by atoms with Crippen LogP contribution >= 0.6 is 0 Å². The Morgan fingerprint density at radius 3 is 2.86 bits per heavy atom. The van der Waals surface area contributed by atoms with Gasteiger partial charge < -0.3 is 5.11 Å². The fraction of sp³-hybridized carbons (Fsp3) is 0.214. The van der Waals surface area contributed by atoms with Gasteiger partial charge in [0.15, 0.2) is 0 Å². The minimum absolute atomic E-state index is 0.0849. The predicted molar refractivity (Wildman–Crippen MR) is 71.6 cm³/mol. The summed E-state index contributed by atoms with van der Waals surface area (Å²) in [5.74, 6) is -2.26. The highest BCUT2D eigenvalue weighted by Crippen LogP contribution is 2.31. The van der Waals surface area contributed by atoms with E-state index in [0.717, 1.165) is 0 Å². The van der Waals surface area contributed by atoms with Crippen molar-refractivity contribution in [1.82, 2.24) is 15.3 Å². The summed E-state index contributed by atoms with van der Waals surface area (Å²) in [4.78, 5) is 42.4. The van der Waals surface area contributed by atoms with Gasteiger partial charge in [-0.05, 0) is 18.1 Å². The van der Waals surface area contributed by atoms with Crippen molar-refractivity contribution in [2.75, 3.05) is 0 Å². The Bertz CT molecular complexity index is 772. The standard InChI is InChI=1S/C14H11N3O4/c18-11-4-3-8(13(19)17-11)7-1-2-9(14(20)21)10-5-15-6-16-12(7)10/h1-2,5-6,8H,3-4H2,(H,20,21)(H,17,18,19). The first-order chi connectivity index (χ1) is 10.1. The van der Waals surface area contributed by atoms with E-state index in [-0.39, 0.29) is 23.8 Å². The molecule has 1 aliphatic heterocycles. The van der Waals surface area contributed by atoms with Crippen molar-refractivity contribution >= 4 is 28.7 Å². The van der Waals surface area contributed by atoms with Crippen molar-refractivity contribution in [1.29, 1.82) is 0 Å². The minimum Gasteiger partial charge on any atom is -0.478 e. The summed E-state index contributed by atoms with van der Waals surface area (Å²) >= 11 is 0. The molecule has 7 nitrogen and oxygen atoms in total. The average molecular weight is 285 g/mol. The van der Waals surface area contributed by atoms with E-state index < -0.39 is 11.9 Å². The van der Waals surface area contributed by atoms with Crippen LogP contribution in [0.4, 0.5) is 0 Å². The van der Waals surface area contributed by atoms with Gasteiger partial charge in [-0.15, -0.1) is 0 Å². The third kappa shape index (κ3) is 2.22. The molecule has 1 aliphatic rings. The quantitative estimate of drug-likeness (QED) is 0.792. The Labute approximate surface area is 119 Å². The molecule has 1 aromatic carbocycles. The lowest BCUT2D eigenvalue weighted by Gasteiger charge is -2.22. The van der Waals surface area contributed by atoms with Crippen LogP contribution in [-0.2, 0) is 9.59 Å². The van der Waals surface area contributed by atoms with Gasteiger partial charge in [0.2, 0.25) is 11.8 Å². The van der Waals surface area contributed by atoms with Crippen LogP contribution < -0.4 is 5.32 Å². The van der Waals surface area contributed by atoms with Gasteiger partial charge in [-0.25, -0.2) is 14.8 Å². The summed E-state index contributed by atoms with van der Waals surface area (Å²) in [6.07, 6.45) is 3.37. The highest BCUT2D eigenvalue weighted by Gasteiger charge is 2.30. The number of imide groups is 1. The Morgan fingerprint density at radius 1 is 1.33 bits per heavy atom. The Morgan fingerprint density at radius 2 is 2.14 bits per heavy atom. The molecule has 1 saturated heterocycles. The zero-order chi connectivity index (χ0) is 15.0. The lowest BCUT2D eigenvalue weighted by atomic mass is 9.88. The van der Waals surface area contributed by atoms with Gasteiger partial charge >= 0.3 is 5.97 Å². The molecule has 1 aromatic heterocycles. The van der Waals surface area contributed by atoms with Crippen molar-refractivity contribution in [2.24, 2.45) is 0 Å². The van der Waals surface area contributed by atoms with E-state index in [9.17, 15) is 19.5 Å². The number of rotatable bonds is 2. The second-order valence-electron chi connectivity index (χ2n) is 4.80. The van der Waals surface area contributed by atoms with Crippen molar-refractivity contribution in [3.63, 3.8) is 0 Å². The van der Waals surface area contributed by atoms with E-state index in [0.29, 0.717) is 22.9 Å². The van der Waals surface area contributed by atoms with Crippen LogP contribution in [0.2, 0.25) is 0 Å². The Hall–Kier alpha value is -2.83. The number of aromatic nitrogens is 2. The van der Waals surface area contributed by atoms with Crippen LogP contribution in [0.15, 0.2) is 24.7 Å². The number of fused-ring (bicyclic) bond motifs is 1. The number of hydrogen-bond acceptors (Lipinski definition) is 5. The molecule has 0 saturated carbocycles. The molecular weight excluding hydrogens is 274 g/mol. The fourth-order valence-electron chi connectivity index (χ4n) is 2.56. The van der Waals surface area contributed by atoms with Crippen LogP contribution in [0.5, 0.6) is 0 Å². The normalized spacial score (nSPS) is 18.6. The van der Waals surface area contributed by atoms with Crippen LogP contribution in [0.25, 0.3) is 10.9 Å². The zero-order valence-corrected chi connectivity index (χ0v) is 10.9. The van der Waals surface area contributed by atoms with Crippen LogP contribution in [0, 0.1) is 0 Å². The maximum Gasteiger partial charge on any atom is 0.336 e. The molecule has 0 spiro atoms. The molecule has 0 radical (unpaired) electrons. The Balaban J connectivity index is 2.16. The molecule has 2 N–H and O–H groups in total. The predicted octanol–water partition coefficient (Wildman–Crippen LogP) is 0.848. The number of carboxylic acid groups (broad SMARTS) is 1. The number of piperidine rings is 1. The second kappa shape index (κ2) is 4.93. The van der Waals surface area contributed by atoms with Crippen molar-refractivity contribution in [3.05, 3.63) is 35.8 Å². The lowest BCUT2D eigenvalue weighted by molar-refractivity contribution is -0.134.